The third-order valence-electron chi connectivity index (χ3n) is 3.98. The van der Waals surface area contributed by atoms with Crippen LogP contribution in [0.15, 0.2) is 16.9 Å². The number of fused-ring (bicyclic) bond motifs is 1. The van der Waals surface area contributed by atoms with Gasteiger partial charge in [0.05, 0.1) is 16.1 Å². The fraction of sp³-hybridized carbons (Fsp3) is 0.444. The summed E-state index contributed by atoms with van der Waals surface area (Å²) in [7, 11) is 1.76. The summed E-state index contributed by atoms with van der Waals surface area (Å²) in [4.78, 5) is 21.2. The Morgan fingerprint density at radius 3 is 2.83 bits per heavy atom. The first kappa shape index (κ1) is 16.9. The molecule has 0 fully saturated rings. The molecule has 1 N–H and O–H groups in total. The van der Waals surface area contributed by atoms with Gasteiger partial charge in [0.2, 0.25) is 0 Å². The van der Waals surface area contributed by atoms with E-state index in [1.165, 1.54) is 4.88 Å². The predicted octanol–water partition coefficient (Wildman–Crippen LogP) is 1.79. The van der Waals surface area contributed by atoms with Crippen molar-refractivity contribution in [3.63, 3.8) is 0 Å². The van der Waals surface area contributed by atoms with Crippen LogP contribution in [0.5, 0.6) is 0 Å². The first-order chi connectivity index (χ1) is 11.2. The maximum Gasteiger partial charge on any atom is 0.258 e. The van der Waals surface area contributed by atoms with Gasteiger partial charge in [-0.25, -0.2) is 4.98 Å². The fourth-order valence-electron chi connectivity index (χ4n) is 2.67. The highest BCUT2D eigenvalue weighted by Gasteiger charge is 2.24. The van der Waals surface area contributed by atoms with Crippen molar-refractivity contribution >= 4 is 11.3 Å². The quantitative estimate of drug-likeness (QED) is 0.845. The molecule has 126 valence electrons. The predicted molar refractivity (Wildman–Crippen MR) is 94.7 cm³/mol. The highest BCUT2D eigenvalue weighted by Crippen LogP contribution is 2.24. The van der Waals surface area contributed by atoms with E-state index in [1.54, 1.807) is 36.8 Å². The summed E-state index contributed by atoms with van der Waals surface area (Å²) in [5.41, 5.74) is 0.781. The Hall–Kier alpha value is -1.94. The summed E-state index contributed by atoms with van der Waals surface area (Å²) in [5, 5.41) is 9.67. The lowest BCUT2D eigenvalue weighted by atomic mass is 10.1. The zero-order valence-corrected chi connectivity index (χ0v) is 15.2. The van der Waals surface area contributed by atoms with E-state index in [0.29, 0.717) is 13.1 Å². The van der Waals surface area contributed by atoms with Crippen LogP contribution in [-0.2, 0) is 26.7 Å². The largest absolute Gasteiger partial charge is 0.378 e. The van der Waals surface area contributed by atoms with E-state index in [9.17, 15) is 9.90 Å². The van der Waals surface area contributed by atoms with Crippen LogP contribution in [0, 0.1) is 18.8 Å². The first-order valence-corrected chi connectivity index (χ1v) is 8.66. The Kier molecular flexibility index (Phi) is 4.35. The van der Waals surface area contributed by atoms with Crippen molar-refractivity contribution in [3.8, 4) is 11.8 Å². The summed E-state index contributed by atoms with van der Waals surface area (Å²) in [6, 6.07) is 4.03. The molecule has 24 heavy (non-hydrogen) atoms. The average molecular weight is 343 g/mol. The van der Waals surface area contributed by atoms with Crippen LogP contribution in [0.2, 0.25) is 0 Å². The lowest BCUT2D eigenvalue weighted by Gasteiger charge is -2.12. The monoisotopic (exact) mass is 343 g/mol. The van der Waals surface area contributed by atoms with E-state index >= 15 is 0 Å². The molecule has 2 aromatic rings. The number of hydrogen-bond acceptors (Lipinski definition) is 5. The molecule has 0 unspecified atom stereocenters. The van der Waals surface area contributed by atoms with Gasteiger partial charge in [-0.2, -0.15) is 0 Å². The molecule has 2 aromatic heterocycles. The normalized spacial score (nSPS) is 14.4. The molecule has 0 aromatic carbocycles. The minimum atomic E-state index is -0.982. The van der Waals surface area contributed by atoms with Crippen molar-refractivity contribution in [1.29, 1.82) is 0 Å². The van der Waals surface area contributed by atoms with Gasteiger partial charge in [-0.05, 0) is 32.9 Å². The van der Waals surface area contributed by atoms with E-state index < -0.39 is 5.60 Å². The molecule has 0 aliphatic carbocycles. The second-order valence-corrected chi connectivity index (χ2v) is 7.84. The number of rotatable bonds is 2. The van der Waals surface area contributed by atoms with Crippen LogP contribution >= 0.6 is 11.3 Å². The van der Waals surface area contributed by atoms with Gasteiger partial charge in [0, 0.05) is 31.6 Å². The molecule has 1 aliphatic rings. The molecule has 3 rings (SSSR count). The van der Waals surface area contributed by atoms with E-state index in [-0.39, 0.29) is 5.56 Å². The van der Waals surface area contributed by atoms with Gasteiger partial charge < -0.3 is 5.11 Å². The maximum absolute atomic E-state index is 12.3. The van der Waals surface area contributed by atoms with Crippen LogP contribution < -0.4 is 5.56 Å². The van der Waals surface area contributed by atoms with E-state index in [2.05, 4.69) is 27.8 Å². The van der Waals surface area contributed by atoms with Gasteiger partial charge in [0.25, 0.3) is 5.56 Å². The minimum absolute atomic E-state index is 0.0583. The third-order valence-corrected chi connectivity index (χ3v) is 4.97. The number of hydrogen-bond donors (Lipinski definition) is 1. The van der Waals surface area contributed by atoms with Gasteiger partial charge in [-0.15, -0.1) is 11.3 Å². The second kappa shape index (κ2) is 6.17. The summed E-state index contributed by atoms with van der Waals surface area (Å²) < 4.78 is 1.61. The molecule has 0 spiro atoms. The Bertz CT molecular complexity index is 894. The molecule has 0 radical (unpaired) electrons. The summed E-state index contributed by atoms with van der Waals surface area (Å²) in [6.45, 7) is 7.31. The summed E-state index contributed by atoms with van der Waals surface area (Å²) in [6.07, 6.45) is 0. The molecule has 1 aliphatic heterocycles. The van der Waals surface area contributed by atoms with Crippen molar-refractivity contribution < 1.29 is 5.11 Å². The van der Waals surface area contributed by atoms with Gasteiger partial charge in [-0.1, -0.05) is 11.8 Å². The number of aliphatic hydroxyl groups is 1. The minimum Gasteiger partial charge on any atom is -0.378 e. The highest BCUT2D eigenvalue weighted by molar-refractivity contribution is 7.12. The highest BCUT2D eigenvalue weighted by atomic mass is 32.1. The van der Waals surface area contributed by atoms with Crippen molar-refractivity contribution in [2.24, 2.45) is 7.05 Å². The summed E-state index contributed by atoms with van der Waals surface area (Å²) >= 11 is 1.62. The smallest absolute Gasteiger partial charge is 0.258 e. The maximum atomic E-state index is 12.3. The van der Waals surface area contributed by atoms with Crippen molar-refractivity contribution in [2.45, 2.75) is 46.0 Å². The molecule has 0 amide bonds. The molecule has 0 atom stereocenters. The van der Waals surface area contributed by atoms with Crippen LogP contribution in [0.1, 0.15) is 40.7 Å². The Labute approximate surface area is 145 Å². The molecule has 0 saturated heterocycles. The summed E-state index contributed by atoms with van der Waals surface area (Å²) in [5.74, 6) is 6.58. The van der Waals surface area contributed by atoms with Crippen molar-refractivity contribution in [2.75, 3.05) is 0 Å². The number of thiophene rings is 1. The molecule has 3 heterocycles. The molecule has 5 nitrogen and oxygen atoms in total. The molecule has 0 saturated carbocycles. The number of nitrogens with zero attached hydrogens (tertiary/aromatic N) is 3. The van der Waals surface area contributed by atoms with Crippen LogP contribution in [0.25, 0.3) is 0 Å². The number of aryl methyl sites for hydroxylation is 1. The van der Waals surface area contributed by atoms with Gasteiger partial charge >= 0.3 is 0 Å². The third kappa shape index (κ3) is 3.59. The van der Waals surface area contributed by atoms with Crippen LogP contribution in [-0.4, -0.2) is 25.2 Å². The Morgan fingerprint density at radius 2 is 2.12 bits per heavy atom. The van der Waals surface area contributed by atoms with Crippen molar-refractivity contribution in [1.82, 2.24) is 14.5 Å². The topological polar surface area (TPSA) is 58.4 Å². The van der Waals surface area contributed by atoms with Crippen molar-refractivity contribution in [3.05, 3.63) is 49.3 Å². The Morgan fingerprint density at radius 1 is 1.38 bits per heavy atom. The van der Waals surface area contributed by atoms with Gasteiger partial charge in [-0.3, -0.25) is 14.3 Å². The molecular formula is C18H21N3O2S. The van der Waals surface area contributed by atoms with Gasteiger partial charge in [0.15, 0.2) is 0 Å². The van der Waals surface area contributed by atoms with E-state index in [4.69, 9.17) is 0 Å². The van der Waals surface area contributed by atoms with E-state index in [1.807, 2.05) is 13.0 Å². The van der Waals surface area contributed by atoms with Crippen LogP contribution in [0.4, 0.5) is 0 Å². The fourth-order valence-corrected chi connectivity index (χ4v) is 3.57. The lowest BCUT2D eigenvalue weighted by Crippen LogP contribution is -2.25. The first-order valence-electron chi connectivity index (χ1n) is 7.85. The van der Waals surface area contributed by atoms with E-state index in [0.717, 1.165) is 28.5 Å². The molecule has 6 heteroatoms. The molecular weight excluding hydrogens is 322 g/mol. The zero-order chi connectivity index (χ0) is 17.5. The zero-order valence-electron chi connectivity index (χ0n) is 14.4. The Balaban J connectivity index is 1.73. The number of aromatic nitrogens is 2. The van der Waals surface area contributed by atoms with Gasteiger partial charge in [0.1, 0.15) is 11.4 Å². The average Bonchev–Trinajstić information content (AvgIpc) is 3.09. The van der Waals surface area contributed by atoms with Crippen LogP contribution in [0.3, 0.4) is 0 Å². The second-order valence-electron chi connectivity index (χ2n) is 6.67. The standard InChI is InChI=1S/C18H21N3O2S/c1-12-19-16-11-21(10-15(16)17(22)20(12)4)9-14-6-5-13(24-14)7-8-18(2,3)23/h5-6,23H,9-11H2,1-4H3. The lowest BCUT2D eigenvalue weighted by molar-refractivity contribution is 0.143. The molecule has 0 bridgehead atoms. The SMILES string of the molecule is Cc1nc2c(c(=O)n1C)CN(Cc1ccc(C#CC(C)(C)O)s1)C2.